The van der Waals surface area contributed by atoms with Gasteiger partial charge in [0, 0.05) is 12.3 Å². The monoisotopic (exact) mass is 331 g/mol. The molecule has 0 saturated heterocycles. The number of hydrogen-bond donors (Lipinski definition) is 1. The highest BCUT2D eigenvalue weighted by molar-refractivity contribution is 9.10. The average molecular weight is 332 g/mol. The zero-order valence-corrected chi connectivity index (χ0v) is 10.6. The van der Waals surface area contributed by atoms with Crippen LogP contribution in [0.4, 0.5) is 14.5 Å². The summed E-state index contributed by atoms with van der Waals surface area (Å²) in [6.45, 7) is 0. The largest absolute Gasteiger partial charge is 0.305 e. The van der Waals surface area contributed by atoms with Crippen molar-refractivity contribution in [2.24, 2.45) is 0 Å². The maximum absolute atomic E-state index is 13.8. The van der Waals surface area contributed by atoms with E-state index in [1.807, 2.05) is 0 Å². The quantitative estimate of drug-likeness (QED) is 0.675. The molecule has 9 heteroatoms. The molecule has 1 aromatic carbocycles. The molecule has 19 heavy (non-hydrogen) atoms. The fourth-order valence-electron chi connectivity index (χ4n) is 1.41. The van der Waals surface area contributed by atoms with Crippen LogP contribution in [0.25, 0.3) is 11.4 Å². The molecule has 0 unspecified atom stereocenters. The van der Waals surface area contributed by atoms with E-state index in [0.717, 1.165) is 12.3 Å². The van der Waals surface area contributed by atoms with Gasteiger partial charge < -0.3 is 4.98 Å². The number of nitro groups is 1. The zero-order valence-electron chi connectivity index (χ0n) is 8.99. The van der Waals surface area contributed by atoms with Crippen LogP contribution < -0.4 is 5.56 Å². The minimum Gasteiger partial charge on any atom is -0.305 e. The fourth-order valence-corrected chi connectivity index (χ4v) is 1.61. The lowest BCUT2D eigenvalue weighted by molar-refractivity contribution is -0.387. The molecule has 1 aromatic heterocycles. The molecule has 0 aliphatic carbocycles. The Labute approximate surface area is 112 Å². The van der Waals surface area contributed by atoms with E-state index in [-0.39, 0.29) is 4.47 Å². The molecule has 98 valence electrons. The third kappa shape index (κ3) is 2.36. The van der Waals surface area contributed by atoms with E-state index < -0.39 is 39.2 Å². The molecule has 6 nitrogen and oxygen atoms in total. The van der Waals surface area contributed by atoms with Crippen molar-refractivity contribution in [2.75, 3.05) is 0 Å². The van der Waals surface area contributed by atoms with Crippen LogP contribution in [0.1, 0.15) is 0 Å². The first kappa shape index (κ1) is 13.3. The van der Waals surface area contributed by atoms with E-state index >= 15 is 0 Å². The van der Waals surface area contributed by atoms with E-state index in [0.29, 0.717) is 6.07 Å². The number of benzene rings is 1. The molecule has 2 aromatic rings. The molecule has 0 atom stereocenters. The minimum atomic E-state index is -1.39. The summed E-state index contributed by atoms with van der Waals surface area (Å²) in [6.07, 6.45) is 1.05. The van der Waals surface area contributed by atoms with Crippen molar-refractivity contribution >= 4 is 21.6 Å². The van der Waals surface area contributed by atoms with E-state index in [4.69, 9.17) is 0 Å². The van der Waals surface area contributed by atoms with Crippen LogP contribution in [0.5, 0.6) is 0 Å². The summed E-state index contributed by atoms with van der Waals surface area (Å²) < 4.78 is 27.5. The van der Waals surface area contributed by atoms with E-state index in [1.54, 1.807) is 0 Å². The van der Waals surface area contributed by atoms with Gasteiger partial charge >= 0.3 is 5.69 Å². The molecule has 0 amide bonds. The molecular formula is C10H4BrF2N3O3. The van der Waals surface area contributed by atoms with Gasteiger partial charge in [-0.25, -0.2) is 9.37 Å². The predicted molar refractivity (Wildman–Crippen MR) is 64.6 cm³/mol. The smallest absolute Gasteiger partial charge is 0.305 e. The maximum atomic E-state index is 13.8. The third-order valence-electron chi connectivity index (χ3n) is 2.26. The molecule has 1 heterocycles. The first-order chi connectivity index (χ1) is 8.91. The van der Waals surface area contributed by atoms with Gasteiger partial charge in [-0.05, 0) is 22.0 Å². The van der Waals surface area contributed by atoms with Crippen LogP contribution in [-0.2, 0) is 0 Å². The van der Waals surface area contributed by atoms with Gasteiger partial charge in [-0.2, -0.15) is 4.39 Å². The molecular weight excluding hydrogens is 328 g/mol. The number of aromatic amines is 1. The number of H-pyrrole nitrogens is 1. The summed E-state index contributed by atoms with van der Waals surface area (Å²) in [7, 11) is 0. The SMILES string of the molecule is O=c1[nH]c(-c2c(F)ccc([N+](=O)[O-])c2F)ncc1Br. The third-order valence-corrected chi connectivity index (χ3v) is 2.82. The molecule has 0 bridgehead atoms. The van der Waals surface area contributed by atoms with Gasteiger partial charge in [-0.15, -0.1) is 0 Å². The van der Waals surface area contributed by atoms with Crippen molar-refractivity contribution in [1.82, 2.24) is 9.97 Å². The highest BCUT2D eigenvalue weighted by Crippen LogP contribution is 2.29. The van der Waals surface area contributed by atoms with Gasteiger partial charge in [0.2, 0.25) is 5.82 Å². The predicted octanol–water partition coefficient (Wildman–Crippen LogP) is 2.39. The Hall–Kier alpha value is -2.16. The summed E-state index contributed by atoms with van der Waals surface area (Å²) in [4.78, 5) is 26.7. The molecule has 0 spiro atoms. The van der Waals surface area contributed by atoms with Gasteiger partial charge in [0.25, 0.3) is 5.56 Å². The van der Waals surface area contributed by atoms with Crippen molar-refractivity contribution in [2.45, 2.75) is 0 Å². The van der Waals surface area contributed by atoms with Gasteiger partial charge in [0.05, 0.1) is 10.5 Å². The second-order valence-electron chi connectivity index (χ2n) is 3.42. The Kier molecular flexibility index (Phi) is 3.38. The Balaban J connectivity index is 2.74. The number of nitro benzene ring substituents is 1. The molecule has 0 radical (unpaired) electrons. The lowest BCUT2D eigenvalue weighted by Gasteiger charge is -2.04. The van der Waals surface area contributed by atoms with E-state index in [9.17, 15) is 23.7 Å². The van der Waals surface area contributed by atoms with Crippen LogP contribution in [0.2, 0.25) is 0 Å². The zero-order chi connectivity index (χ0) is 14.2. The fraction of sp³-hybridized carbons (Fsp3) is 0. The Morgan fingerprint density at radius 1 is 1.37 bits per heavy atom. The van der Waals surface area contributed by atoms with Crippen molar-refractivity contribution in [3.63, 3.8) is 0 Å². The van der Waals surface area contributed by atoms with E-state index in [2.05, 4.69) is 25.9 Å². The molecule has 1 N–H and O–H groups in total. The summed E-state index contributed by atoms with van der Waals surface area (Å²) in [5.74, 6) is -2.88. The molecule has 0 saturated carbocycles. The van der Waals surface area contributed by atoms with Gasteiger partial charge in [-0.3, -0.25) is 14.9 Å². The highest BCUT2D eigenvalue weighted by Gasteiger charge is 2.24. The molecule has 0 aliphatic heterocycles. The van der Waals surface area contributed by atoms with Crippen LogP contribution in [0.3, 0.4) is 0 Å². The summed E-state index contributed by atoms with van der Waals surface area (Å²) in [5.41, 5.74) is -2.31. The number of nitrogens with zero attached hydrogens (tertiary/aromatic N) is 2. The van der Waals surface area contributed by atoms with Crippen molar-refractivity contribution in [3.05, 3.63) is 54.9 Å². The number of nitrogens with one attached hydrogen (secondary N) is 1. The number of halogens is 3. The van der Waals surface area contributed by atoms with Crippen LogP contribution in [-0.4, -0.2) is 14.9 Å². The number of hydrogen-bond acceptors (Lipinski definition) is 4. The first-order valence-corrected chi connectivity index (χ1v) is 5.58. The lowest BCUT2D eigenvalue weighted by Crippen LogP contribution is -2.10. The number of aromatic nitrogens is 2. The maximum Gasteiger partial charge on any atom is 0.305 e. The second kappa shape index (κ2) is 4.84. The van der Waals surface area contributed by atoms with Gasteiger partial charge in [-0.1, -0.05) is 0 Å². The second-order valence-corrected chi connectivity index (χ2v) is 4.28. The van der Waals surface area contributed by atoms with Crippen LogP contribution >= 0.6 is 15.9 Å². The average Bonchev–Trinajstić information content (AvgIpc) is 2.33. The van der Waals surface area contributed by atoms with Crippen molar-refractivity contribution in [3.8, 4) is 11.4 Å². The molecule has 0 fully saturated rings. The highest BCUT2D eigenvalue weighted by atomic mass is 79.9. The molecule has 2 rings (SSSR count). The standard InChI is InChI=1S/C10H4BrF2N3O3/c11-4-3-14-9(15-10(4)17)7-5(12)1-2-6(8(7)13)16(18)19/h1-3H,(H,14,15,17). The Morgan fingerprint density at radius 3 is 2.63 bits per heavy atom. The summed E-state index contributed by atoms with van der Waals surface area (Å²) >= 11 is 2.87. The summed E-state index contributed by atoms with van der Waals surface area (Å²) in [5, 5.41) is 10.6. The number of rotatable bonds is 2. The van der Waals surface area contributed by atoms with E-state index in [1.165, 1.54) is 0 Å². The van der Waals surface area contributed by atoms with Crippen molar-refractivity contribution < 1.29 is 13.7 Å². The van der Waals surface area contributed by atoms with Crippen molar-refractivity contribution in [1.29, 1.82) is 0 Å². The normalized spacial score (nSPS) is 10.5. The molecule has 0 aliphatic rings. The summed E-state index contributed by atoms with van der Waals surface area (Å²) in [6, 6.07) is 1.43. The Morgan fingerprint density at radius 2 is 2.05 bits per heavy atom. The first-order valence-electron chi connectivity index (χ1n) is 4.79. The van der Waals surface area contributed by atoms with Gasteiger partial charge in [0.15, 0.2) is 0 Å². The Bertz CT molecular complexity index is 732. The topological polar surface area (TPSA) is 88.9 Å². The lowest BCUT2D eigenvalue weighted by atomic mass is 10.1. The van der Waals surface area contributed by atoms with Crippen LogP contribution in [0.15, 0.2) is 27.6 Å². The minimum absolute atomic E-state index is 0.0718. The van der Waals surface area contributed by atoms with Crippen LogP contribution in [0, 0.1) is 21.7 Å². The van der Waals surface area contributed by atoms with Gasteiger partial charge in [0.1, 0.15) is 16.1 Å².